The van der Waals surface area contributed by atoms with E-state index in [0.29, 0.717) is 30.1 Å². The average molecular weight is 269 g/mol. The van der Waals surface area contributed by atoms with Crippen LogP contribution in [0.25, 0.3) is 0 Å². The lowest BCUT2D eigenvalue weighted by atomic mass is 9.84. The zero-order chi connectivity index (χ0) is 13.2. The van der Waals surface area contributed by atoms with Gasteiger partial charge in [0.25, 0.3) is 0 Å². The van der Waals surface area contributed by atoms with Crippen molar-refractivity contribution in [2.24, 2.45) is 5.73 Å². The van der Waals surface area contributed by atoms with Gasteiger partial charge in [-0.2, -0.15) is 0 Å². The van der Waals surface area contributed by atoms with Crippen LogP contribution in [0.4, 0.5) is 0 Å². The summed E-state index contributed by atoms with van der Waals surface area (Å²) in [4.78, 5) is 0.344. The summed E-state index contributed by atoms with van der Waals surface area (Å²) in [6, 6.07) is 6.60. The maximum absolute atomic E-state index is 12.5. The van der Waals surface area contributed by atoms with Crippen molar-refractivity contribution in [1.82, 2.24) is 0 Å². The second-order valence-electron chi connectivity index (χ2n) is 4.65. The molecule has 0 atom stereocenters. The Kier molecular flexibility index (Phi) is 3.64. The molecule has 0 radical (unpaired) electrons. The molecule has 1 aromatic rings. The normalized spacial score (nSPS) is 18.1. The minimum absolute atomic E-state index is 0.197. The van der Waals surface area contributed by atoms with Crippen molar-refractivity contribution in [1.29, 1.82) is 0 Å². The molecule has 2 rings (SSSR count). The molecule has 1 aliphatic carbocycles. The van der Waals surface area contributed by atoms with Crippen molar-refractivity contribution >= 4 is 9.84 Å². The number of hydrogen-bond donors (Lipinski definition) is 1. The Balaban J connectivity index is 2.30. The van der Waals surface area contributed by atoms with E-state index in [4.69, 9.17) is 10.5 Å². The molecule has 0 heterocycles. The van der Waals surface area contributed by atoms with Crippen molar-refractivity contribution in [3.8, 4) is 5.75 Å². The minimum Gasteiger partial charge on any atom is -0.494 e. The van der Waals surface area contributed by atoms with E-state index in [0.717, 1.165) is 6.42 Å². The number of benzene rings is 1. The first-order valence-corrected chi connectivity index (χ1v) is 7.71. The Hall–Kier alpha value is -1.07. The van der Waals surface area contributed by atoms with Crippen LogP contribution in [0.5, 0.6) is 5.75 Å². The van der Waals surface area contributed by atoms with Gasteiger partial charge in [0, 0.05) is 6.54 Å². The van der Waals surface area contributed by atoms with E-state index in [1.165, 1.54) is 0 Å². The molecule has 0 aromatic heterocycles. The van der Waals surface area contributed by atoms with Crippen molar-refractivity contribution in [2.75, 3.05) is 13.2 Å². The molecular formula is C13H19NO3S. The molecule has 2 N–H and O–H groups in total. The average Bonchev–Trinajstić information content (AvgIpc) is 2.29. The molecule has 0 bridgehead atoms. The predicted molar refractivity (Wildman–Crippen MR) is 70.4 cm³/mol. The van der Waals surface area contributed by atoms with Gasteiger partial charge in [0.05, 0.1) is 16.2 Å². The molecule has 0 unspecified atom stereocenters. The van der Waals surface area contributed by atoms with Gasteiger partial charge in [0.2, 0.25) is 0 Å². The van der Waals surface area contributed by atoms with Gasteiger partial charge in [-0.15, -0.1) is 0 Å². The molecule has 1 saturated carbocycles. The highest BCUT2D eigenvalue weighted by Crippen LogP contribution is 2.42. The van der Waals surface area contributed by atoms with Crippen LogP contribution in [-0.4, -0.2) is 26.3 Å². The second-order valence-corrected chi connectivity index (χ2v) is 6.99. The third kappa shape index (κ3) is 2.01. The van der Waals surface area contributed by atoms with E-state index < -0.39 is 14.6 Å². The molecule has 1 fully saturated rings. The van der Waals surface area contributed by atoms with Gasteiger partial charge >= 0.3 is 0 Å². The molecule has 0 amide bonds. The molecule has 4 nitrogen and oxygen atoms in total. The fourth-order valence-corrected chi connectivity index (χ4v) is 4.33. The van der Waals surface area contributed by atoms with E-state index in [2.05, 4.69) is 0 Å². The lowest BCUT2D eigenvalue weighted by molar-refractivity contribution is 0.339. The number of nitrogens with two attached hydrogens (primary N) is 1. The Bertz CT molecular complexity index is 498. The first kappa shape index (κ1) is 13.4. The molecule has 1 aromatic carbocycles. The summed E-state index contributed by atoms with van der Waals surface area (Å²) >= 11 is 0. The van der Waals surface area contributed by atoms with E-state index in [1.54, 1.807) is 24.3 Å². The van der Waals surface area contributed by atoms with E-state index in [1.807, 2.05) is 6.92 Å². The SMILES string of the molecule is CCOc1ccc(S(=O)(=O)C2(CN)CCC2)cc1. The van der Waals surface area contributed by atoms with Crippen LogP contribution in [0.2, 0.25) is 0 Å². The zero-order valence-electron chi connectivity index (χ0n) is 10.6. The Morgan fingerprint density at radius 1 is 1.28 bits per heavy atom. The highest BCUT2D eigenvalue weighted by atomic mass is 32.2. The van der Waals surface area contributed by atoms with Crippen LogP contribution in [-0.2, 0) is 9.84 Å². The summed E-state index contributed by atoms with van der Waals surface area (Å²) in [5.41, 5.74) is 5.67. The van der Waals surface area contributed by atoms with Crippen LogP contribution in [0.15, 0.2) is 29.2 Å². The molecule has 0 saturated heterocycles. The van der Waals surface area contributed by atoms with Gasteiger partial charge in [-0.1, -0.05) is 6.42 Å². The van der Waals surface area contributed by atoms with Crippen LogP contribution in [0, 0.1) is 0 Å². The number of sulfone groups is 1. The summed E-state index contributed by atoms with van der Waals surface area (Å²) in [6.45, 7) is 2.66. The van der Waals surface area contributed by atoms with Crippen molar-refractivity contribution in [3.63, 3.8) is 0 Å². The fourth-order valence-electron chi connectivity index (χ4n) is 2.29. The lowest BCUT2D eigenvalue weighted by Crippen LogP contribution is -2.51. The van der Waals surface area contributed by atoms with Gasteiger partial charge in [0.1, 0.15) is 5.75 Å². The fraction of sp³-hybridized carbons (Fsp3) is 0.538. The lowest BCUT2D eigenvalue weighted by Gasteiger charge is -2.39. The first-order valence-electron chi connectivity index (χ1n) is 6.23. The van der Waals surface area contributed by atoms with Gasteiger partial charge in [-0.3, -0.25) is 0 Å². The van der Waals surface area contributed by atoms with Crippen molar-refractivity contribution in [3.05, 3.63) is 24.3 Å². The van der Waals surface area contributed by atoms with Crippen molar-refractivity contribution < 1.29 is 13.2 Å². The van der Waals surface area contributed by atoms with E-state index >= 15 is 0 Å². The molecule has 0 spiro atoms. The van der Waals surface area contributed by atoms with E-state index in [-0.39, 0.29) is 6.54 Å². The monoisotopic (exact) mass is 269 g/mol. The van der Waals surface area contributed by atoms with Crippen LogP contribution >= 0.6 is 0 Å². The molecule has 1 aliphatic rings. The number of ether oxygens (including phenoxy) is 1. The van der Waals surface area contributed by atoms with Gasteiger partial charge in [0.15, 0.2) is 9.84 Å². The summed E-state index contributed by atoms with van der Waals surface area (Å²) in [5.74, 6) is 0.687. The highest BCUT2D eigenvalue weighted by Gasteiger charge is 2.48. The van der Waals surface area contributed by atoms with Crippen LogP contribution < -0.4 is 10.5 Å². The van der Waals surface area contributed by atoms with E-state index in [9.17, 15) is 8.42 Å². The Morgan fingerprint density at radius 3 is 2.28 bits per heavy atom. The standard InChI is InChI=1S/C13H19NO3S/c1-2-17-11-4-6-12(7-5-11)18(15,16)13(10-14)8-3-9-13/h4-7H,2-3,8-10,14H2,1H3. The predicted octanol–water partition coefficient (Wildman–Crippen LogP) is 1.74. The maximum Gasteiger partial charge on any atom is 0.185 e. The third-order valence-corrected chi connectivity index (χ3v) is 6.26. The third-order valence-electron chi connectivity index (χ3n) is 3.65. The minimum atomic E-state index is -3.33. The molecule has 18 heavy (non-hydrogen) atoms. The van der Waals surface area contributed by atoms with Gasteiger partial charge < -0.3 is 10.5 Å². The molecule has 0 aliphatic heterocycles. The second kappa shape index (κ2) is 4.90. The molecule has 100 valence electrons. The Labute approximate surface area is 108 Å². The summed E-state index contributed by atoms with van der Waals surface area (Å²) in [6.07, 6.45) is 2.27. The first-order chi connectivity index (χ1) is 8.55. The Morgan fingerprint density at radius 2 is 1.89 bits per heavy atom. The zero-order valence-corrected chi connectivity index (χ0v) is 11.4. The van der Waals surface area contributed by atoms with Crippen molar-refractivity contribution in [2.45, 2.75) is 35.8 Å². The van der Waals surface area contributed by atoms with Gasteiger partial charge in [-0.25, -0.2) is 8.42 Å². The largest absolute Gasteiger partial charge is 0.494 e. The topological polar surface area (TPSA) is 69.4 Å². The highest BCUT2D eigenvalue weighted by molar-refractivity contribution is 7.93. The van der Waals surface area contributed by atoms with Crippen LogP contribution in [0.1, 0.15) is 26.2 Å². The summed E-state index contributed by atoms with van der Waals surface area (Å²) < 4.78 is 29.6. The molecule has 5 heteroatoms. The van der Waals surface area contributed by atoms with Gasteiger partial charge in [-0.05, 0) is 44.0 Å². The summed E-state index contributed by atoms with van der Waals surface area (Å²) in [5, 5.41) is 0. The number of rotatable bonds is 5. The quantitative estimate of drug-likeness (QED) is 0.884. The van der Waals surface area contributed by atoms with Crippen LogP contribution in [0.3, 0.4) is 0 Å². The number of hydrogen-bond acceptors (Lipinski definition) is 4. The smallest absolute Gasteiger partial charge is 0.185 e. The summed E-state index contributed by atoms with van der Waals surface area (Å²) in [7, 11) is -3.33. The molecular weight excluding hydrogens is 250 g/mol. The maximum atomic E-state index is 12.5.